The molecule has 1 aromatic carbocycles. The first-order chi connectivity index (χ1) is 14.1. The Labute approximate surface area is 178 Å². The number of piperazine rings is 1. The zero-order chi connectivity index (χ0) is 20.2. The molecule has 2 aromatic heterocycles. The number of pyridine rings is 1. The smallest absolute Gasteiger partial charge is 0.248 e. The van der Waals surface area contributed by atoms with Gasteiger partial charge in [-0.1, -0.05) is 53.5 Å². The third kappa shape index (κ3) is 4.49. The predicted molar refractivity (Wildman–Crippen MR) is 110 cm³/mol. The van der Waals surface area contributed by atoms with E-state index in [2.05, 4.69) is 25.4 Å². The van der Waals surface area contributed by atoms with Crippen molar-refractivity contribution in [3.8, 4) is 0 Å². The van der Waals surface area contributed by atoms with Gasteiger partial charge in [-0.05, 0) is 22.1 Å². The van der Waals surface area contributed by atoms with Gasteiger partial charge in [-0.2, -0.15) is 0 Å². The van der Waals surface area contributed by atoms with Crippen molar-refractivity contribution in [3.63, 3.8) is 0 Å². The molecule has 0 N–H and O–H groups in total. The van der Waals surface area contributed by atoms with E-state index in [1.165, 1.54) is 11.0 Å². The average molecular weight is 432 g/mol. The van der Waals surface area contributed by atoms with Crippen LogP contribution in [0.2, 0.25) is 10.0 Å². The Morgan fingerprint density at radius 2 is 1.86 bits per heavy atom. The molecule has 10 heteroatoms. The van der Waals surface area contributed by atoms with Gasteiger partial charge in [0, 0.05) is 38.8 Å². The highest BCUT2D eigenvalue weighted by Crippen LogP contribution is 2.27. The van der Waals surface area contributed by atoms with E-state index in [4.69, 9.17) is 23.2 Å². The highest BCUT2D eigenvalue weighted by Gasteiger charge is 2.30. The van der Waals surface area contributed by atoms with Gasteiger partial charge in [0.2, 0.25) is 5.91 Å². The third-order valence-electron chi connectivity index (χ3n) is 4.92. The van der Waals surface area contributed by atoms with Crippen molar-refractivity contribution < 1.29 is 4.79 Å². The third-order valence-corrected chi connectivity index (χ3v) is 5.41. The summed E-state index contributed by atoms with van der Waals surface area (Å²) < 4.78 is 1.53. The summed E-state index contributed by atoms with van der Waals surface area (Å²) in [5, 5.41) is 12.4. The van der Waals surface area contributed by atoms with Crippen LogP contribution in [0.4, 0.5) is 5.82 Å². The van der Waals surface area contributed by atoms with Gasteiger partial charge in [-0.15, -0.1) is 5.10 Å². The topological polar surface area (TPSA) is 80.0 Å². The van der Waals surface area contributed by atoms with Crippen LogP contribution in [-0.4, -0.2) is 62.2 Å². The fraction of sp³-hybridized carbons (Fsp3) is 0.316. The number of nitrogens with zero attached hydrogens (tertiary/aromatic N) is 7. The first kappa shape index (κ1) is 19.6. The fourth-order valence-electron chi connectivity index (χ4n) is 3.43. The zero-order valence-corrected chi connectivity index (χ0v) is 17.0. The number of carbonyl (C=O) groups is 1. The number of aromatic nitrogens is 5. The molecule has 0 bridgehead atoms. The molecular weight excluding hydrogens is 413 g/mol. The number of rotatable bonds is 5. The minimum Gasteiger partial charge on any atom is -0.352 e. The molecule has 1 atom stereocenters. The number of amides is 1. The minimum absolute atomic E-state index is 0.00374. The molecule has 8 nitrogen and oxygen atoms in total. The van der Waals surface area contributed by atoms with Crippen molar-refractivity contribution in [2.45, 2.75) is 12.5 Å². The molecule has 29 heavy (non-hydrogen) atoms. The highest BCUT2D eigenvalue weighted by atomic mass is 35.5. The maximum atomic E-state index is 13.3. The molecule has 0 saturated carbocycles. The van der Waals surface area contributed by atoms with Crippen LogP contribution < -0.4 is 4.90 Å². The summed E-state index contributed by atoms with van der Waals surface area (Å²) in [5.74, 6) is 0.681. The van der Waals surface area contributed by atoms with Crippen LogP contribution in [0.15, 0.2) is 48.9 Å². The monoisotopic (exact) mass is 431 g/mol. The maximum Gasteiger partial charge on any atom is 0.248 e. The number of hydrogen-bond donors (Lipinski definition) is 0. The lowest BCUT2D eigenvalue weighted by molar-refractivity contribution is -0.135. The summed E-state index contributed by atoms with van der Waals surface area (Å²) in [5.41, 5.74) is 1.05. The Balaban J connectivity index is 1.46. The lowest BCUT2D eigenvalue weighted by atomic mass is 10.0. The number of tetrazole rings is 1. The summed E-state index contributed by atoms with van der Waals surface area (Å²) in [6.45, 7) is 2.39. The van der Waals surface area contributed by atoms with Crippen molar-refractivity contribution in [2.24, 2.45) is 0 Å². The standard InChI is InChI=1S/C19H19Cl2N7O/c20-15-11-16(21)18(22-12-15)26-6-8-27(9-7-26)19(29)17(28-13-23-24-25-28)10-14-4-2-1-3-5-14/h1-5,11-13,17H,6-10H2. The number of benzene rings is 1. The first-order valence-corrected chi connectivity index (χ1v) is 9.98. The van der Waals surface area contributed by atoms with Crippen molar-refractivity contribution in [1.29, 1.82) is 0 Å². The Kier molecular flexibility index (Phi) is 5.92. The van der Waals surface area contributed by atoms with E-state index in [0.717, 1.165) is 5.56 Å². The molecule has 0 aliphatic carbocycles. The van der Waals surface area contributed by atoms with E-state index in [-0.39, 0.29) is 5.91 Å². The van der Waals surface area contributed by atoms with Crippen molar-refractivity contribution in [2.75, 3.05) is 31.1 Å². The lowest BCUT2D eigenvalue weighted by Gasteiger charge is -2.37. The van der Waals surface area contributed by atoms with Gasteiger partial charge in [-0.25, -0.2) is 9.67 Å². The van der Waals surface area contributed by atoms with Crippen LogP contribution in [0.5, 0.6) is 0 Å². The number of carbonyl (C=O) groups excluding carboxylic acids is 1. The Morgan fingerprint density at radius 1 is 1.10 bits per heavy atom. The highest BCUT2D eigenvalue weighted by molar-refractivity contribution is 6.36. The molecule has 1 amide bonds. The SMILES string of the molecule is O=C(C(Cc1ccccc1)n1cnnn1)N1CCN(c2ncc(Cl)cc2Cl)CC1. The quantitative estimate of drug-likeness (QED) is 0.617. The predicted octanol–water partition coefficient (Wildman–Crippen LogP) is 2.51. The van der Waals surface area contributed by atoms with Crippen LogP contribution in [0.3, 0.4) is 0 Å². The van der Waals surface area contributed by atoms with E-state index < -0.39 is 6.04 Å². The summed E-state index contributed by atoms with van der Waals surface area (Å²) in [6.07, 6.45) is 3.59. The summed E-state index contributed by atoms with van der Waals surface area (Å²) in [7, 11) is 0. The normalized spacial score (nSPS) is 15.4. The van der Waals surface area contributed by atoms with E-state index in [0.29, 0.717) is 48.5 Å². The minimum atomic E-state index is -0.490. The van der Waals surface area contributed by atoms with E-state index in [1.807, 2.05) is 35.2 Å². The van der Waals surface area contributed by atoms with Gasteiger partial charge >= 0.3 is 0 Å². The average Bonchev–Trinajstić information content (AvgIpc) is 3.27. The molecule has 1 fully saturated rings. The van der Waals surface area contributed by atoms with Gasteiger partial charge in [-0.3, -0.25) is 4.79 Å². The fourth-order valence-corrected chi connectivity index (χ4v) is 3.93. The van der Waals surface area contributed by atoms with Gasteiger partial charge in [0.15, 0.2) is 0 Å². The molecule has 3 aromatic rings. The molecule has 0 radical (unpaired) electrons. The van der Waals surface area contributed by atoms with E-state index >= 15 is 0 Å². The Morgan fingerprint density at radius 3 is 2.52 bits per heavy atom. The largest absolute Gasteiger partial charge is 0.352 e. The van der Waals surface area contributed by atoms with Crippen LogP contribution in [-0.2, 0) is 11.2 Å². The van der Waals surface area contributed by atoms with Gasteiger partial charge in [0.05, 0.1) is 10.0 Å². The Bertz CT molecular complexity index is 960. The molecular formula is C19H19Cl2N7O. The number of anilines is 1. The molecule has 150 valence electrons. The van der Waals surface area contributed by atoms with Crippen LogP contribution in [0.1, 0.15) is 11.6 Å². The van der Waals surface area contributed by atoms with Crippen LogP contribution >= 0.6 is 23.2 Å². The van der Waals surface area contributed by atoms with Crippen molar-refractivity contribution in [3.05, 3.63) is 64.5 Å². The number of halogens is 2. The van der Waals surface area contributed by atoms with E-state index in [1.54, 1.807) is 12.3 Å². The zero-order valence-electron chi connectivity index (χ0n) is 15.5. The van der Waals surface area contributed by atoms with Crippen LogP contribution in [0, 0.1) is 0 Å². The Hall–Kier alpha value is -2.71. The molecule has 1 unspecified atom stereocenters. The second-order valence-electron chi connectivity index (χ2n) is 6.77. The number of hydrogen-bond acceptors (Lipinski definition) is 6. The summed E-state index contributed by atoms with van der Waals surface area (Å²) in [4.78, 5) is 21.5. The molecule has 1 saturated heterocycles. The van der Waals surface area contributed by atoms with Gasteiger partial charge < -0.3 is 9.80 Å². The lowest BCUT2D eigenvalue weighted by Crippen LogP contribution is -2.51. The van der Waals surface area contributed by atoms with Crippen molar-refractivity contribution in [1.82, 2.24) is 30.1 Å². The van der Waals surface area contributed by atoms with Gasteiger partial charge in [0.1, 0.15) is 18.2 Å². The first-order valence-electron chi connectivity index (χ1n) is 9.23. The molecule has 3 heterocycles. The second-order valence-corrected chi connectivity index (χ2v) is 7.61. The van der Waals surface area contributed by atoms with Crippen molar-refractivity contribution >= 4 is 34.9 Å². The summed E-state index contributed by atoms with van der Waals surface area (Å²) in [6, 6.07) is 11.0. The molecule has 1 aliphatic rings. The van der Waals surface area contributed by atoms with Crippen LogP contribution in [0.25, 0.3) is 0 Å². The maximum absolute atomic E-state index is 13.3. The molecule has 4 rings (SSSR count). The van der Waals surface area contributed by atoms with E-state index in [9.17, 15) is 4.79 Å². The van der Waals surface area contributed by atoms with Gasteiger partial charge in [0.25, 0.3) is 0 Å². The molecule has 0 spiro atoms. The summed E-state index contributed by atoms with van der Waals surface area (Å²) >= 11 is 12.2. The molecule has 1 aliphatic heterocycles. The second kappa shape index (κ2) is 8.75.